The van der Waals surface area contributed by atoms with Gasteiger partial charge in [0.1, 0.15) is 5.82 Å². The lowest BCUT2D eigenvalue weighted by Crippen LogP contribution is -2.32. The number of nitrogens with zero attached hydrogens (tertiary/aromatic N) is 1. The highest BCUT2D eigenvalue weighted by atomic mass is 19.1. The molecule has 0 bridgehead atoms. The van der Waals surface area contributed by atoms with Crippen molar-refractivity contribution >= 4 is 0 Å². The first-order valence-electron chi connectivity index (χ1n) is 7.02. The van der Waals surface area contributed by atoms with Crippen LogP contribution in [-0.4, -0.2) is 31.1 Å². The Morgan fingerprint density at radius 3 is 2.61 bits per heavy atom. The molecule has 0 atom stereocenters. The molecule has 0 radical (unpaired) electrons. The Labute approximate surface area is 109 Å². The van der Waals surface area contributed by atoms with Gasteiger partial charge in [0.05, 0.1) is 0 Å². The van der Waals surface area contributed by atoms with Crippen molar-refractivity contribution in [3.63, 3.8) is 0 Å². The molecule has 1 N–H and O–H groups in total. The predicted octanol–water partition coefficient (Wildman–Crippen LogP) is 2.79. The molecule has 2 nitrogen and oxygen atoms in total. The summed E-state index contributed by atoms with van der Waals surface area (Å²) in [6.07, 6.45) is 5.44. The monoisotopic (exact) mass is 250 g/mol. The number of hydrogen-bond donors (Lipinski definition) is 1. The van der Waals surface area contributed by atoms with Crippen LogP contribution in [0.15, 0.2) is 24.3 Å². The minimum atomic E-state index is -0.151. The Bertz CT molecular complexity index is 346. The highest BCUT2D eigenvalue weighted by Gasteiger charge is 2.07. The molecule has 1 fully saturated rings. The van der Waals surface area contributed by atoms with E-state index < -0.39 is 0 Å². The fourth-order valence-corrected chi connectivity index (χ4v) is 2.48. The fourth-order valence-electron chi connectivity index (χ4n) is 2.48. The third-order valence-corrected chi connectivity index (χ3v) is 3.52. The van der Waals surface area contributed by atoms with Crippen molar-refractivity contribution in [2.45, 2.75) is 32.2 Å². The van der Waals surface area contributed by atoms with E-state index in [-0.39, 0.29) is 5.82 Å². The van der Waals surface area contributed by atoms with E-state index >= 15 is 0 Å². The molecule has 18 heavy (non-hydrogen) atoms. The van der Waals surface area contributed by atoms with Crippen LogP contribution >= 0.6 is 0 Å². The molecule has 0 aromatic heterocycles. The third kappa shape index (κ3) is 4.75. The molecule has 2 rings (SSSR count). The Balaban J connectivity index is 1.63. The smallest absolute Gasteiger partial charge is 0.123 e. The van der Waals surface area contributed by atoms with Crippen LogP contribution in [0.25, 0.3) is 0 Å². The van der Waals surface area contributed by atoms with Crippen molar-refractivity contribution in [3.8, 4) is 0 Å². The maximum Gasteiger partial charge on any atom is 0.123 e. The van der Waals surface area contributed by atoms with Gasteiger partial charge in [-0.1, -0.05) is 25.0 Å². The molecular formula is C15H23FN2. The van der Waals surface area contributed by atoms with Crippen molar-refractivity contribution in [1.82, 2.24) is 10.2 Å². The van der Waals surface area contributed by atoms with E-state index in [0.717, 1.165) is 25.2 Å². The first-order chi connectivity index (χ1) is 8.84. The molecule has 1 aromatic rings. The van der Waals surface area contributed by atoms with Gasteiger partial charge in [-0.15, -0.1) is 0 Å². The van der Waals surface area contributed by atoms with E-state index in [0.29, 0.717) is 0 Å². The van der Waals surface area contributed by atoms with Crippen LogP contribution in [0.3, 0.4) is 0 Å². The van der Waals surface area contributed by atoms with Gasteiger partial charge in [0, 0.05) is 19.6 Å². The van der Waals surface area contributed by atoms with E-state index in [2.05, 4.69) is 10.2 Å². The van der Waals surface area contributed by atoms with Gasteiger partial charge in [0.15, 0.2) is 0 Å². The molecule has 1 heterocycles. The second-order valence-corrected chi connectivity index (χ2v) is 5.06. The van der Waals surface area contributed by atoms with Gasteiger partial charge < -0.3 is 10.2 Å². The zero-order valence-corrected chi connectivity index (χ0v) is 11.0. The van der Waals surface area contributed by atoms with Crippen LogP contribution in [0.1, 0.15) is 31.2 Å². The predicted molar refractivity (Wildman–Crippen MR) is 73.0 cm³/mol. The summed E-state index contributed by atoms with van der Waals surface area (Å²) in [6.45, 7) is 5.32. The molecule has 3 heteroatoms. The van der Waals surface area contributed by atoms with Gasteiger partial charge in [-0.2, -0.15) is 0 Å². The summed E-state index contributed by atoms with van der Waals surface area (Å²) in [5, 5.41) is 3.39. The lowest BCUT2D eigenvalue weighted by Gasteiger charge is -2.19. The first-order valence-corrected chi connectivity index (χ1v) is 7.02. The second kappa shape index (κ2) is 7.49. The summed E-state index contributed by atoms with van der Waals surface area (Å²) < 4.78 is 13.0. The van der Waals surface area contributed by atoms with Gasteiger partial charge in [-0.05, 0) is 43.6 Å². The third-order valence-electron chi connectivity index (χ3n) is 3.52. The summed E-state index contributed by atoms with van der Waals surface area (Å²) >= 11 is 0. The minimum Gasteiger partial charge on any atom is -0.311 e. The molecule has 0 amide bonds. The lowest BCUT2D eigenvalue weighted by atomic mass is 10.2. The van der Waals surface area contributed by atoms with Crippen LogP contribution in [0.4, 0.5) is 4.39 Å². The van der Waals surface area contributed by atoms with Gasteiger partial charge in [0.2, 0.25) is 0 Å². The molecule has 0 unspecified atom stereocenters. The van der Waals surface area contributed by atoms with Crippen LogP contribution in [0, 0.1) is 5.82 Å². The molecule has 1 aliphatic heterocycles. The van der Waals surface area contributed by atoms with Crippen molar-refractivity contribution in [2.75, 3.05) is 26.2 Å². The van der Waals surface area contributed by atoms with E-state index in [1.54, 1.807) is 12.1 Å². The molecule has 100 valence electrons. The number of halogens is 1. The van der Waals surface area contributed by atoms with Crippen molar-refractivity contribution in [2.24, 2.45) is 0 Å². The number of nitrogens with one attached hydrogen (secondary N) is 1. The first kappa shape index (κ1) is 13.5. The van der Waals surface area contributed by atoms with Crippen molar-refractivity contribution in [1.29, 1.82) is 0 Å². The van der Waals surface area contributed by atoms with Crippen LogP contribution in [-0.2, 0) is 6.54 Å². The maximum absolute atomic E-state index is 13.0. The lowest BCUT2D eigenvalue weighted by molar-refractivity contribution is 0.284. The fraction of sp³-hybridized carbons (Fsp3) is 0.600. The maximum atomic E-state index is 13.0. The summed E-state index contributed by atoms with van der Waals surface area (Å²) in [4.78, 5) is 2.53. The summed E-state index contributed by atoms with van der Waals surface area (Å²) in [5.74, 6) is -0.151. The van der Waals surface area contributed by atoms with Crippen molar-refractivity contribution in [3.05, 3.63) is 35.6 Å². The topological polar surface area (TPSA) is 15.3 Å². The van der Waals surface area contributed by atoms with Gasteiger partial charge in [-0.25, -0.2) is 4.39 Å². The quantitative estimate of drug-likeness (QED) is 0.808. The summed E-state index contributed by atoms with van der Waals surface area (Å²) in [6, 6.07) is 6.81. The Morgan fingerprint density at radius 2 is 1.89 bits per heavy atom. The number of likely N-dealkylation sites (tertiary alicyclic amines) is 1. The average Bonchev–Trinajstić information content (AvgIpc) is 2.63. The second-order valence-electron chi connectivity index (χ2n) is 5.06. The standard InChI is InChI=1S/C15H23FN2/c16-15-7-5-6-14(12-15)13-17-8-11-18-9-3-1-2-4-10-18/h5-7,12,17H,1-4,8-11,13H2. The van der Waals surface area contributed by atoms with E-state index in [1.165, 1.54) is 44.8 Å². The summed E-state index contributed by atoms with van der Waals surface area (Å²) in [7, 11) is 0. The SMILES string of the molecule is Fc1cccc(CNCCN2CCCCCC2)c1. The Morgan fingerprint density at radius 1 is 1.11 bits per heavy atom. The number of benzene rings is 1. The van der Waals surface area contributed by atoms with Gasteiger partial charge in [-0.3, -0.25) is 0 Å². The van der Waals surface area contributed by atoms with E-state index in [1.807, 2.05) is 6.07 Å². The minimum absolute atomic E-state index is 0.151. The zero-order valence-electron chi connectivity index (χ0n) is 11.0. The van der Waals surface area contributed by atoms with Gasteiger partial charge >= 0.3 is 0 Å². The van der Waals surface area contributed by atoms with Crippen LogP contribution < -0.4 is 5.32 Å². The van der Waals surface area contributed by atoms with Crippen LogP contribution in [0.2, 0.25) is 0 Å². The van der Waals surface area contributed by atoms with E-state index in [9.17, 15) is 4.39 Å². The highest BCUT2D eigenvalue weighted by molar-refractivity contribution is 5.15. The molecule has 1 aliphatic rings. The number of rotatable bonds is 5. The van der Waals surface area contributed by atoms with Gasteiger partial charge in [0.25, 0.3) is 0 Å². The normalized spacial score (nSPS) is 17.6. The highest BCUT2D eigenvalue weighted by Crippen LogP contribution is 2.08. The Kier molecular flexibility index (Phi) is 5.62. The average molecular weight is 250 g/mol. The molecule has 1 aromatic carbocycles. The summed E-state index contributed by atoms with van der Waals surface area (Å²) in [5.41, 5.74) is 1.02. The zero-order chi connectivity index (χ0) is 12.6. The molecule has 0 aliphatic carbocycles. The molecule has 0 spiro atoms. The largest absolute Gasteiger partial charge is 0.311 e. The molecule has 1 saturated heterocycles. The van der Waals surface area contributed by atoms with E-state index in [4.69, 9.17) is 0 Å². The number of hydrogen-bond acceptors (Lipinski definition) is 2. The Hall–Kier alpha value is -0.930. The molecule has 0 saturated carbocycles. The van der Waals surface area contributed by atoms with Crippen molar-refractivity contribution < 1.29 is 4.39 Å². The van der Waals surface area contributed by atoms with Crippen LogP contribution in [0.5, 0.6) is 0 Å². The molecular weight excluding hydrogens is 227 g/mol.